The van der Waals surface area contributed by atoms with Crippen LogP contribution in [0.1, 0.15) is 24.0 Å². The van der Waals surface area contributed by atoms with E-state index in [4.69, 9.17) is 16.8 Å². The van der Waals surface area contributed by atoms with E-state index >= 15 is 0 Å². The molecule has 0 spiro atoms. The van der Waals surface area contributed by atoms with Gasteiger partial charge in [0.25, 0.3) is 0 Å². The van der Waals surface area contributed by atoms with E-state index in [1.165, 1.54) is 0 Å². The van der Waals surface area contributed by atoms with Crippen LogP contribution in [0.2, 0.25) is 5.02 Å². The fourth-order valence-corrected chi connectivity index (χ4v) is 2.02. The highest BCUT2D eigenvalue weighted by Gasteiger charge is 2.17. The molecule has 1 aliphatic carbocycles. The SMILES string of the molecule is O/N=C1\CCCc2c(Cl)cccc21. The summed E-state index contributed by atoms with van der Waals surface area (Å²) in [7, 11) is 0. The summed E-state index contributed by atoms with van der Waals surface area (Å²) in [5.74, 6) is 0. The zero-order chi connectivity index (χ0) is 9.26. The molecule has 0 aliphatic heterocycles. The third-order valence-corrected chi connectivity index (χ3v) is 2.74. The zero-order valence-corrected chi connectivity index (χ0v) is 7.88. The van der Waals surface area contributed by atoms with Crippen molar-refractivity contribution in [3.63, 3.8) is 0 Å². The molecule has 0 saturated heterocycles. The summed E-state index contributed by atoms with van der Waals surface area (Å²) in [5, 5.41) is 12.8. The fourth-order valence-electron chi connectivity index (χ4n) is 1.75. The minimum absolute atomic E-state index is 0.753. The molecule has 1 aromatic rings. The van der Waals surface area contributed by atoms with Crippen LogP contribution in [0.3, 0.4) is 0 Å². The van der Waals surface area contributed by atoms with Gasteiger partial charge in [0.1, 0.15) is 0 Å². The molecule has 1 N–H and O–H groups in total. The first-order valence-electron chi connectivity index (χ1n) is 4.31. The quantitative estimate of drug-likeness (QED) is 0.501. The van der Waals surface area contributed by atoms with E-state index in [2.05, 4.69) is 5.16 Å². The number of oxime groups is 1. The standard InChI is InChI=1S/C10H10ClNO/c11-9-5-1-4-8-7(9)3-2-6-10(8)12-13/h1,4-5,13H,2-3,6H2/b12-10+. The van der Waals surface area contributed by atoms with E-state index in [-0.39, 0.29) is 0 Å². The fraction of sp³-hybridized carbons (Fsp3) is 0.300. The number of rotatable bonds is 0. The third-order valence-electron chi connectivity index (χ3n) is 2.39. The molecule has 0 amide bonds. The molecule has 2 rings (SSSR count). The molecule has 0 heterocycles. The van der Waals surface area contributed by atoms with E-state index in [1.807, 2.05) is 18.2 Å². The Kier molecular flexibility index (Phi) is 2.23. The molecule has 13 heavy (non-hydrogen) atoms. The Morgan fingerprint density at radius 3 is 2.92 bits per heavy atom. The Morgan fingerprint density at radius 1 is 1.31 bits per heavy atom. The second kappa shape index (κ2) is 3.38. The van der Waals surface area contributed by atoms with Crippen LogP contribution in [-0.2, 0) is 6.42 Å². The van der Waals surface area contributed by atoms with Crippen molar-refractivity contribution in [1.29, 1.82) is 0 Å². The highest BCUT2D eigenvalue weighted by Crippen LogP contribution is 2.27. The second-order valence-electron chi connectivity index (χ2n) is 3.17. The van der Waals surface area contributed by atoms with Gasteiger partial charge in [0, 0.05) is 10.6 Å². The summed E-state index contributed by atoms with van der Waals surface area (Å²) < 4.78 is 0. The first-order valence-corrected chi connectivity index (χ1v) is 4.69. The molecular weight excluding hydrogens is 186 g/mol. The van der Waals surface area contributed by atoms with Crippen LogP contribution in [0.15, 0.2) is 23.4 Å². The van der Waals surface area contributed by atoms with Crippen molar-refractivity contribution in [1.82, 2.24) is 0 Å². The normalized spacial score (nSPS) is 18.7. The minimum atomic E-state index is 0.753. The number of hydrogen-bond donors (Lipinski definition) is 1. The van der Waals surface area contributed by atoms with Gasteiger partial charge in [-0.05, 0) is 30.9 Å². The molecule has 0 unspecified atom stereocenters. The van der Waals surface area contributed by atoms with Crippen molar-refractivity contribution < 1.29 is 5.21 Å². The van der Waals surface area contributed by atoms with E-state index in [0.717, 1.165) is 41.1 Å². The Balaban J connectivity index is 2.58. The predicted molar refractivity (Wildman–Crippen MR) is 52.7 cm³/mol. The molecule has 2 nitrogen and oxygen atoms in total. The summed E-state index contributed by atoms with van der Waals surface area (Å²) in [4.78, 5) is 0. The van der Waals surface area contributed by atoms with Gasteiger partial charge >= 0.3 is 0 Å². The lowest BCUT2D eigenvalue weighted by atomic mass is 9.90. The van der Waals surface area contributed by atoms with Gasteiger partial charge in [0.05, 0.1) is 5.71 Å². The van der Waals surface area contributed by atoms with Crippen molar-refractivity contribution >= 4 is 17.3 Å². The molecule has 68 valence electrons. The van der Waals surface area contributed by atoms with Crippen molar-refractivity contribution in [2.45, 2.75) is 19.3 Å². The monoisotopic (exact) mass is 195 g/mol. The van der Waals surface area contributed by atoms with E-state index in [1.54, 1.807) is 0 Å². The van der Waals surface area contributed by atoms with Gasteiger partial charge in [-0.2, -0.15) is 0 Å². The molecule has 3 heteroatoms. The Morgan fingerprint density at radius 2 is 2.15 bits per heavy atom. The largest absolute Gasteiger partial charge is 0.411 e. The van der Waals surface area contributed by atoms with Crippen molar-refractivity contribution in [3.05, 3.63) is 34.3 Å². The number of fused-ring (bicyclic) bond motifs is 1. The van der Waals surface area contributed by atoms with Crippen LogP contribution in [0.5, 0.6) is 0 Å². The molecular formula is C10H10ClNO. The van der Waals surface area contributed by atoms with Gasteiger partial charge in [0.15, 0.2) is 0 Å². The molecule has 1 aromatic carbocycles. The first-order chi connectivity index (χ1) is 6.33. The van der Waals surface area contributed by atoms with Crippen LogP contribution >= 0.6 is 11.6 Å². The molecule has 0 aromatic heterocycles. The number of hydrogen-bond acceptors (Lipinski definition) is 2. The second-order valence-corrected chi connectivity index (χ2v) is 3.57. The minimum Gasteiger partial charge on any atom is -0.411 e. The van der Waals surface area contributed by atoms with Crippen molar-refractivity contribution in [3.8, 4) is 0 Å². The lowest BCUT2D eigenvalue weighted by Crippen LogP contribution is -2.12. The summed E-state index contributed by atoms with van der Waals surface area (Å²) in [6, 6.07) is 5.72. The molecule has 0 saturated carbocycles. The lowest BCUT2D eigenvalue weighted by molar-refractivity contribution is 0.317. The summed E-state index contributed by atoms with van der Waals surface area (Å²) in [6.45, 7) is 0. The Bertz CT molecular complexity index is 360. The molecule has 0 atom stereocenters. The summed E-state index contributed by atoms with van der Waals surface area (Å²) in [5.41, 5.74) is 2.87. The van der Waals surface area contributed by atoms with Crippen LogP contribution in [0, 0.1) is 0 Å². The topological polar surface area (TPSA) is 32.6 Å². The zero-order valence-electron chi connectivity index (χ0n) is 7.13. The van der Waals surface area contributed by atoms with Crippen LogP contribution < -0.4 is 0 Å². The maximum absolute atomic E-state index is 8.77. The highest BCUT2D eigenvalue weighted by molar-refractivity contribution is 6.32. The van der Waals surface area contributed by atoms with Gasteiger partial charge in [0.2, 0.25) is 0 Å². The van der Waals surface area contributed by atoms with E-state index < -0.39 is 0 Å². The van der Waals surface area contributed by atoms with Crippen molar-refractivity contribution in [2.75, 3.05) is 0 Å². The van der Waals surface area contributed by atoms with Gasteiger partial charge in [-0.3, -0.25) is 0 Å². The Labute approximate surface area is 81.8 Å². The van der Waals surface area contributed by atoms with Crippen LogP contribution in [0.4, 0.5) is 0 Å². The molecule has 0 fully saturated rings. The number of halogens is 1. The van der Waals surface area contributed by atoms with Gasteiger partial charge in [-0.15, -0.1) is 0 Å². The van der Waals surface area contributed by atoms with Crippen LogP contribution in [0.25, 0.3) is 0 Å². The molecule has 1 aliphatic rings. The predicted octanol–water partition coefficient (Wildman–Crippen LogP) is 2.85. The molecule has 0 radical (unpaired) electrons. The van der Waals surface area contributed by atoms with Crippen molar-refractivity contribution in [2.24, 2.45) is 5.16 Å². The van der Waals surface area contributed by atoms with Crippen LogP contribution in [-0.4, -0.2) is 10.9 Å². The summed E-state index contributed by atoms with van der Waals surface area (Å²) >= 11 is 6.03. The maximum atomic E-state index is 8.77. The third kappa shape index (κ3) is 1.42. The van der Waals surface area contributed by atoms with Gasteiger partial charge in [-0.25, -0.2) is 0 Å². The number of benzene rings is 1. The Hall–Kier alpha value is -1.02. The average molecular weight is 196 g/mol. The average Bonchev–Trinajstić information content (AvgIpc) is 2.18. The van der Waals surface area contributed by atoms with E-state index in [0.29, 0.717) is 0 Å². The highest BCUT2D eigenvalue weighted by atomic mass is 35.5. The number of nitrogens with zero attached hydrogens (tertiary/aromatic N) is 1. The maximum Gasteiger partial charge on any atom is 0.0871 e. The summed E-state index contributed by atoms with van der Waals surface area (Å²) in [6.07, 6.45) is 2.83. The van der Waals surface area contributed by atoms with Gasteiger partial charge in [-0.1, -0.05) is 28.9 Å². The molecule has 0 bridgehead atoms. The smallest absolute Gasteiger partial charge is 0.0871 e. The van der Waals surface area contributed by atoms with E-state index in [9.17, 15) is 0 Å². The first kappa shape index (κ1) is 8.57. The van der Waals surface area contributed by atoms with Gasteiger partial charge < -0.3 is 5.21 Å². The lowest BCUT2D eigenvalue weighted by Gasteiger charge is -2.17.